The van der Waals surface area contributed by atoms with E-state index in [0.29, 0.717) is 5.56 Å². The predicted octanol–water partition coefficient (Wildman–Crippen LogP) is 4.19. The molecule has 0 radical (unpaired) electrons. The zero-order valence-corrected chi connectivity index (χ0v) is 16.3. The molecule has 1 rings (SSSR count). The number of hydrogen-bond donors (Lipinski definition) is 1. The van der Waals surface area contributed by atoms with E-state index in [4.69, 9.17) is 4.43 Å². The van der Waals surface area contributed by atoms with Crippen molar-refractivity contribution in [2.24, 2.45) is 0 Å². The van der Waals surface area contributed by atoms with Gasteiger partial charge in [0.25, 0.3) is 0 Å². The summed E-state index contributed by atoms with van der Waals surface area (Å²) in [6.45, 7) is 9.45. The van der Waals surface area contributed by atoms with Gasteiger partial charge in [-0.2, -0.15) is 13.2 Å². The summed E-state index contributed by atoms with van der Waals surface area (Å²) < 4.78 is 67.9. The average Bonchev–Trinajstić information content (AvgIpc) is 2.42. The summed E-state index contributed by atoms with van der Waals surface area (Å²) in [5.41, 5.74) is -4.71. The lowest BCUT2D eigenvalue weighted by molar-refractivity contribution is -0.0449. The number of alkyl halides is 3. The molecule has 138 valence electrons. The van der Waals surface area contributed by atoms with Crippen LogP contribution in [0.15, 0.2) is 30.3 Å². The lowest BCUT2D eigenvalue weighted by Crippen LogP contribution is -2.45. The molecule has 0 fully saturated rings. The van der Waals surface area contributed by atoms with Crippen molar-refractivity contribution in [2.45, 2.75) is 50.5 Å². The van der Waals surface area contributed by atoms with Gasteiger partial charge in [0.05, 0.1) is 6.10 Å². The quantitative estimate of drug-likeness (QED) is 0.750. The molecule has 1 aromatic carbocycles. The highest BCUT2D eigenvalue weighted by atomic mass is 32.2. The molecule has 4 nitrogen and oxygen atoms in total. The molecule has 9 heteroatoms. The molecule has 1 unspecified atom stereocenters. The van der Waals surface area contributed by atoms with Gasteiger partial charge in [0.1, 0.15) is 0 Å². The zero-order valence-electron chi connectivity index (χ0n) is 14.4. The molecular formula is C15H24F3NO3SSi. The molecule has 0 amide bonds. The lowest BCUT2D eigenvalue weighted by atomic mass is 10.1. The number of sulfonamides is 1. The summed E-state index contributed by atoms with van der Waals surface area (Å²) in [4.78, 5) is 0. The Labute approximate surface area is 142 Å². The van der Waals surface area contributed by atoms with E-state index in [9.17, 15) is 21.6 Å². The zero-order chi connectivity index (χ0) is 18.8. The molecule has 0 aliphatic rings. The van der Waals surface area contributed by atoms with Crippen LogP contribution in [0.4, 0.5) is 13.2 Å². The van der Waals surface area contributed by atoms with Gasteiger partial charge < -0.3 is 4.43 Å². The van der Waals surface area contributed by atoms with Crippen LogP contribution in [0.3, 0.4) is 0 Å². The fourth-order valence-corrected chi connectivity index (χ4v) is 3.51. The highest BCUT2D eigenvalue weighted by Gasteiger charge is 2.46. The van der Waals surface area contributed by atoms with Crippen LogP contribution in [0.5, 0.6) is 0 Å². The van der Waals surface area contributed by atoms with E-state index in [1.54, 1.807) is 35.1 Å². The molecule has 0 bridgehead atoms. The van der Waals surface area contributed by atoms with Gasteiger partial charge in [0.2, 0.25) is 0 Å². The van der Waals surface area contributed by atoms with Crippen molar-refractivity contribution in [3.8, 4) is 0 Å². The first-order valence-electron chi connectivity index (χ1n) is 7.46. The first-order valence-corrected chi connectivity index (χ1v) is 11.9. The van der Waals surface area contributed by atoms with Gasteiger partial charge in [-0.05, 0) is 23.7 Å². The number of halogens is 3. The molecule has 1 atom stereocenters. The van der Waals surface area contributed by atoms with Gasteiger partial charge in [-0.3, -0.25) is 0 Å². The van der Waals surface area contributed by atoms with E-state index in [1.165, 1.54) is 0 Å². The minimum atomic E-state index is -5.41. The maximum absolute atomic E-state index is 12.5. The average molecular weight is 384 g/mol. The molecule has 24 heavy (non-hydrogen) atoms. The van der Waals surface area contributed by atoms with E-state index in [2.05, 4.69) is 0 Å². The standard InChI is InChI=1S/C15H24F3NO3SSi/c1-14(2,3)24(4,5)22-13(12-9-7-6-8-10-12)11-19-23(20,21)15(16,17)18/h6-10,13,19H,11H2,1-5H3. The molecule has 1 N–H and O–H groups in total. The fraction of sp³-hybridized carbons (Fsp3) is 0.600. The van der Waals surface area contributed by atoms with Gasteiger partial charge in [0, 0.05) is 6.54 Å². The summed E-state index contributed by atoms with van der Waals surface area (Å²) in [7, 11) is -7.72. The number of rotatable bonds is 6. The second-order valence-corrected chi connectivity index (χ2v) is 13.6. The monoisotopic (exact) mass is 383 g/mol. The minimum absolute atomic E-state index is 0.164. The van der Waals surface area contributed by atoms with Gasteiger partial charge >= 0.3 is 15.5 Å². The Hall–Kier alpha value is -0.903. The van der Waals surface area contributed by atoms with Crippen LogP contribution in [0.25, 0.3) is 0 Å². The summed E-state index contributed by atoms with van der Waals surface area (Å²) in [6.07, 6.45) is -0.788. The summed E-state index contributed by atoms with van der Waals surface area (Å²) in [6, 6.07) is 8.65. The second-order valence-electron chi connectivity index (χ2n) is 7.08. The lowest BCUT2D eigenvalue weighted by Gasteiger charge is -2.39. The molecule has 0 aliphatic carbocycles. The molecule has 0 saturated heterocycles. The molecule has 1 aromatic rings. The van der Waals surface area contributed by atoms with Crippen molar-refractivity contribution < 1.29 is 26.0 Å². The molecule has 0 saturated carbocycles. The normalized spacial score (nSPS) is 15.3. The van der Waals surface area contributed by atoms with Gasteiger partial charge in [-0.25, -0.2) is 13.1 Å². The minimum Gasteiger partial charge on any atom is -0.409 e. The smallest absolute Gasteiger partial charge is 0.409 e. The first kappa shape index (κ1) is 21.1. The van der Waals surface area contributed by atoms with Crippen molar-refractivity contribution in [1.29, 1.82) is 0 Å². The van der Waals surface area contributed by atoms with Crippen LogP contribution >= 0.6 is 0 Å². The Balaban J connectivity index is 3.05. The summed E-state index contributed by atoms with van der Waals surface area (Å²) in [5.74, 6) is 0. The van der Waals surface area contributed by atoms with E-state index in [-0.39, 0.29) is 5.04 Å². The third kappa shape index (κ3) is 5.30. The van der Waals surface area contributed by atoms with Crippen LogP contribution in [-0.2, 0) is 14.4 Å². The highest BCUT2D eigenvalue weighted by Crippen LogP contribution is 2.39. The molecule has 0 aliphatic heterocycles. The topological polar surface area (TPSA) is 55.4 Å². The van der Waals surface area contributed by atoms with Crippen molar-refractivity contribution >= 4 is 18.3 Å². The molecular weight excluding hydrogens is 359 g/mol. The van der Waals surface area contributed by atoms with E-state index < -0.39 is 36.5 Å². The Bertz CT molecular complexity index is 640. The van der Waals surface area contributed by atoms with Crippen molar-refractivity contribution in [1.82, 2.24) is 4.72 Å². The molecule has 0 spiro atoms. The van der Waals surface area contributed by atoms with Crippen molar-refractivity contribution in [3.05, 3.63) is 35.9 Å². The van der Waals surface area contributed by atoms with Crippen molar-refractivity contribution in [3.63, 3.8) is 0 Å². The van der Waals surface area contributed by atoms with Crippen LogP contribution in [-0.4, -0.2) is 28.8 Å². The van der Waals surface area contributed by atoms with Gasteiger partial charge in [0.15, 0.2) is 8.32 Å². The fourth-order valence-electron chi connectivity index (χ4n) is 1.69. The van der Waals surface area contributed by atoms with Gasteiger partial charge in [-0.15, -0.1) is 0 Å². The van der Waals surface area contributed by atoms with Crippen LogP contribution < -0.4 is 4.72 Å². The number of hydrogen-bond acceptors (Lipinski definition) is 3. The number of nitrogens with one attached hydrogen (secondary N) is 1. The SMILES string of the molecule is CC(C)(C)[Si](C)(C)OC(CNS(=O)(=O)C(F)(F)F)c1ccccc1. The van der Waals surface area contributed by atoms with Gasteiger partial charge in [-0.1, -0.05) is 51.1 Å². The Morgan fingerprint density at radius 1 is 1.12 bits per heavy atom. The molecule has 0 heterocycles. The van der Waals surface area contributed by atoms with Crippen LogP contribution in [0.2, 0.25) is 18.1 Å². The van der Waals surface area contributed by atoms with E-state index >= 15 is 0 Å². The first-order chi connectivity index (χ1) is 10.7. The third-order valence-corrected chi connectivity index (χ3v) is 9.82. The maximum Gasteiger partial charge on any atom is 0.511 e. The third-order valence-electron chi connectivity index (χ3n) is 4.18. The highest BCUT2D eigenvalue weighted by molar-refractivity contribution is 7.90. The van der Waals surface area contributed by atoms with E-state index in [0.717, 1.165) is 0 Å². The summed E-state index contributed by atoms with van der Waals surface area (Å²) in [5, 5.41) is -0.164. The Morgan fingerprint density at radius 2 is 1.62 bits per heavy atom. The predicted molar refractivity (Wildman–Crippen MR) is 90.4 cm³/mol. The van der Waals surface area contributed by atoms with Crippen molar-refractivity contribution in [2.75, 3.05) is 6.54 Å². The largest absolute Gasteiger partial charge is 0.511 e. The van der Waals surface area contributed by atoms with Crippen LogP contribution in [0.1, 0.15) is 32.4 Å². The van der Waals surface area contributed by atoms with Crippen LogP contribution in [0, 0.1) is 0 Å². The number of benzene rings is 1. The van der Waals surface area contributed by atoms with E-state index in [1.807, 2.05) is 33.9 Å². The Morgan fingerprint density at radius 3 is 2.04 bits per heavy atom. The summed E-state index contributed by atoms with van der Waals surface area (Å²) >= 11 is 0. The Kier molecular flexibility index (Phi) is 6.29. The molecule has 0 aromatic heterocycles. The maximum atomic E-state index is 12.5. The second kappa shape index (κ2) is 7.15.